The maximum atomic E-state index is 12.7. The van der Waals surface area contributed by atoms with Crippen molar-refractivity contribution in [1.82, 2.24) is 0 Å². The Bertz CT molecular complexity index is 968. The quantitative estimate of drug-likeness (QED) is 0.490. The summed E-state index contributed by atoms with van der Waals surface area (Å²) in [4.78, 5) is 37.8. The molecule has 1 aliphatic heterocycles. The zero-order chi connectivity index (χ0) is 22.4. The van der Waals surface area contributed by atoms with Crippen LogP contribution >= 0.6 is 0 Å². The molecule has 164 valence electrons. The first-order valence-corrected chi connectivity index (χ1v) is 10.6. The summed E-state index contributed by atoms with van der Waals surface area (Å²) in [5.74, 6) is 0.0751. The number of nitro benzene ring substituents is 1. The maximum Gasteiger partial charge on any atom is 0.293 e. The van der Waals surface area contributed by atoms with Crippen molar-refractivity contribution in [3.63, 3.8) is 0 Å². The second-order valence-corrected chi connectivity index (χ2v) is 7.96. The molecule has 0 unspecified atom stereocenters. The van der Waals surface area contributed by atoms with Crippen molar-refractivity contribution in [3.8, 4) is 0 Å². The standard InChI is InChI=1S/C23H28N4O4/c1-3-5-22(28)24-18-6-4-7-19(15-18)25-23(29)17-8-9-20(21(14-17)27(30)31)26-12-10-16(2)11-13-26/h4,6-9,14-16H,3,5,10-13H2,1-2H3,(H,24,28)(H,25,29). The van der Waals surface area contributed by atoms with Gasteiger partial charge in [-0.2, -0.15) is 0 Å². The van der Waals surface area contributed by atoms with Crippen LogP contribution in [0.4, 0.5) is 22.7 Å². The lowest BCUT2D eigenvalue weighted by atomic mass is 9.98. The molecule has 2 aromatic rings. The number of carbonyl (C=O) groups is 2. The number of piperidine rings is 1. The largest absolute Gasteiger partial charge is 0.366 e. The highest BCUT2D eigenvalue weighted by molar-refractivity contribution is 6.05. The van der Waals surface area contributed by atoms with E-state index in [0.29, 0.717) is 29.4 Å². The maximum absolute atomic E-state index is 12.7. The van der Waals surface area contributed by atoms with E-state index in [1.54, 1.807) is 36.4 Å². The van der Waals surface area contributed by atoms with Gasteiger partial charge >= 0.3 is 0 Å². The van der Waals surface area contributed by atoms with Crippen LogP contribution in [0, 0.1) is 16.0 Å². The molecule has 0 atom stereocenters. The van der Waals surface area contributed by atoms with E-state index in [2.05, 4.69) is 17.6 Å². The molecule has 2 N–H and O–H groups in total. The van der Waals surface area contributed by atoms with E-state index in [1.165, 1.54) is 6.07 Å². The summed E-state index contributed by atoms with van der Waals surface area (Å²) in [6, 6.07) is 11.4. The Labute approximate surface area is 181 Å². The highest BCUT2D eigenvalue weighted by Crippen LogP contribution is 2.32. The molecule has 1 aliphatic rings. The summed E-state index contributed by atoms with van der Waals surface area (Å²) in [5.41, 5.74) is 1.77. The SMILES string of the molecule is CCCC(=O)Nc1cccc(NC(=O)c2ccc(N3CCC(C)CC3)c([N+](=O)[O-])c2)c1. The normalized spacial score (nSPS) is 14.2. The van der Waals surface area contributed by atoms with E-state index in [0.717, 1.165) is 32.4 Å². The minimum atomic E-state index is -0.445. The molecule has 1 fully saturated rings. The molecule has 0 spiro atoms. The molecule has 8 nitrogen and oxygen atoms in total. The number of hydrogen-bond donors (Lipinski definition) is 2. The topological polar surface area (TPSA) is 105 Å². The highest BCUT2D eigenvalue weighted by atomic mass is 16.6. The number of nitrogens with zero attached hydrogens (tertiary/aromatic N) is 2. The molecule has 3 rings (SSSR count). The van der Waals surface area contributed by atoms with Crippen molar-refractivity contribution in [3.05, 3.63) is 58.1 Å². The summed E-state index contributed by atoms with van der Waals surface area (Å²) in [7, 11) is 0. The molecule has 2 amide bonds. The second-order valence-electron chi connectivity index (χ2n) is 7.96. The number of rotatable bonds is 7. The van der Waals surface area contributed by atoms with Crippen LogP contribution in [0.5, 0.6) is 0 Å². The van der Waals surface area contributed by atoms with Gasteiger partial charge in [-0.3, -0.25) is 19.7 Å². The fraction of sp³-hybridized carbons (Fsp3) is 0.391. The first-order chi connectivity index (χ1) is 14.9. The van der Waals surface area contributed by atoms with Crippen molar-refractivity contribution in [2.45, 2.75) is 39.5 Å². The van der Waals surface area contributed by atoms with E-state index in [1.807, 2.05) is 11.8 Å². The summed E-state index contributed by atoms with van der Waals surface area (Å²) in [6.07, 6.45) is 3.14. The average molecular weight is 425 g/mol. The summed E-state index contributed by atoms with van der Waals surface area (Å²) in [5, 5.41) is 17.2. The highest BCUT2D eigenvalue weighted by Gasteiger charge is 2.24. The predicted octanol–water partition coefficient (Wildman–Crippen LogP) is 4.82. The van der Waals surface area contributed by atoms with E-state index in [4.69, 9.17) is 0 Å². The number of carbonyl (C=O) groups excluding carboxylic acids is 2. The Balaban J connectivity index is 1.75. The third kappa shape index (κ3) is 5.81. The van der Waals surface area contributed by atoms with Gasteiger partial charge in [0.2, 0.25) is 5.91 Å². The molecular formula is C23H28N4O4. The molecular weight excluding hydrogens is 396 g/mol. The van der Waals surface area contributed by atoms with Gasteiger partial charge in [-0.15, -0.1) is 0 Å². The lowest BCUT2D eigenvalue weighted by Gasteiger charge is -2.31. The Morgan fingerprint density at radius 3 is 2.42 bits per heavy atom. The number of nitro groups is 1. The Kier molecular flexibility index (Phi) is 7.23. The number of anilines is 3. The lowest BCUT2D eigenvalue weighted by molar-refractivity contribution is -0.384. The molecule has 0 saturated carbocycles. The van der Waals surface area contributed by atoms with Crippen molar-refractivity contribution < 1.29 is 14.5 Å². The molecule has 0 radical (unpaired) electrons. The third-order valence-electron chi connectivity index (χ3n) is 5.44. The minimum Gasteiger partial charge on any atom is -0.366 e. The Morgan fingerprint density at radius 2 is 1.77 bits per heavy atom. The van der Waals surface area contributed by atoms with Gasteiger partial charge in [-0.25, -0.2) is 0 Å². The zero-order valence-corrected chi connectivity index (χ0v) is 17.9. The summed E-state index contributed by atoms with van der Waals surface area (Å²) < 4.78 is 0. The van der Waals surface area contributed by atoms with Crippen molar-refractivity contribution in [2.24, 2.45) is 5.92 Å². The van der Waals surface area contributed by atoms with Crippen LogP contribution in [0.25, 0.3) is 0 Å². The van der Waals surface area contributed by atoms with Gasteiger partial charge in [0.05, 0.1) is 4.92 Å². The van der Waals surface area contributed by atoms with Crippen LogP contribution in [0.1, 0.15) is 49.9 Å². The van der Waals surface area contributed by atoms with Gasteiger partial charge in [0, 0.05) is 42.5 Å². The third-order valence-corrected chi connectivity index (χ3v) is 5.44. The minimum absolute atomic E-state index is 0.0669. The second kappa shape index (κ2) is 10.1. The first kappa shape index (κ1) is 22.3. The number of nitrogens with one attached hydrogen (secondary N) is 2. The van der Waals surface area contributed by atoms with Crippen LogP contribution in [0.3, 0.4) is 0 Å². The molecule has 0 aliphatic carbocycles. The van der Waals surface area contributed by atoms with Gasteiger partial charge in [-0.05, 0) is 55.5 Å². The Hall–Kier alpha value is -3.42. The smallest absolute Gasteiger partial charge is 0.293 e. The van der Waals surface area contributed by atoms with E-state index < -0.39 is 10.8 Å². The first-order valence-electron chi connectivity index (χ1n) is 10.6. The molecule has 8 heteroatoms. The van der Waals surface area contributed by atoms with Crippen molar-refractivity contribution in [2.75, 3.05) is 28.6 Å². The van der Waals surface area contributed by atoms with Crippen LogP contribution in [-0.4, -0.2) is 29.8 Å². The molecule has 1 saturated heterocycles. The molecule has 0 bridgehead atoms. The number of benzene rings is 2. The fourth-order valence-electron chi connectivity index (χ4n) is 3.66. The fourth-order valence-corrected chi connectivity index (χ4v) is 3.66. The van der Waals surface area contributed by atoms with E-state index >= 15 is 0 Å². The molecule has 1 heterocycles. The van der Waals surface area contributed by atoms with Crippen molar-refractivity contribution >= 4 is 34.6 Å². The van der Waals surface area contributed by atoms with Crippen LogP contribution in [0.2, 0.25) is 0 Å². The van der Waals surface area contributed by atoms with Gasteiger partial charge in [0.1, 0.15) is 5.69 Å². The lowest BCUT2D eigenvalue weighted by Crippen LogP contribution is -2.33. The number of hydrogen-bond acceptors (Lipinski definition) is 5. The molecule has 31 heavy (non-hydrogen) atoms. The van der Waals surface area contributed by atoms with Gasteiger partial charge in [0.15, 0.2) is 0 Å². The van der Waals surface area contributed by atoms with Crippen molar-refractivity contribution in [1.29, 1.82) is 0 Å². The van der Waals surface area contributed by atoms with Crippen LogP contribution < -0.4 is 15.5 Å². The summed E-state index contributed by atoms with van der Waals surface area (Å²) in [6.45, 7) is 5.64. The molecule has 0 aromatic heterocycles. The monoisotopic (exact) mass is 424 g/mol. The van der Waals surface area contributed by atoms with Gasteiger partial charge in [-0.1, -0.05) is 19.9 Å². The molecule has 2 aromatic carbocycles. The van der Waals surface area contributed by atoms with Crippen LogP contribution in [0.15, 0.2) is 42.5 Å². The van der Waals surface area contributed by atoms with E-state index in [-0.39, 0.29) is 17.2 Å². The number of amides is 2. The predicted molar refractivity (Wildman–Crippen MR) is 122 cm³/mol. The average Bonchev–Trinajstić information content (AvgIpc) is 2.74. The zero-order valence-electron chi connectivity index (χ0n) is 17.9. The van der Waals surface area contributed by atoms with E-state index in [9.17, 15) is 19.7 Å². The van der Waals surface area contributed by atoms with Crippen LogP contribution in [-0.2, 0) is 4.79 Å². The Morgan fingerprint density at radius 1 is 1.10 bits per heavy atom. The summed E-state index contributed by atoms with van der Waals surface area (Å²) >= 11 is 0. The van der Waals surface area contributed by atoms with Gasteiger partial charge in [0.25, 0.3) is 11.6 Å². The van der Waals surface area contributed by atoms with Gasteiger partial charge < -0.3 is 15.5 Å².